The molecule has 126 valence electrons. The molecule has 0 aliphatic rings. The lowest BCUT2D eigenvalue weighted by molar-refractivity contribution is 0.0917. The quantitative estimate of drug-likeness (QED) is 0.803. The SMILES string of the molecule is CCc1oc(C(=O)NCc2nnc(C)o2)cc1CN(CC)CC. The van der Waals surface area contributed by atoms with E-state index in [1.54, 1.807) is 6.92 Å². The summed E-state index contributed by atoms with van der Waals surface area (Å²) < 4.78 is 10.9. The molecule has 0 aromatic carbocycles. The van der Waals surface area contributed by atoms with Crippen molar-refractivity contribution in [3.05, 3.63) is 34.9 Å². The van der Waals surface area contributed by atoms with E-state index in [2.05, 4.69) is 34.3 Å². The summed E-state index contributed by atoms with van der Waals surface area (Å²) in [7, 11) is 0. The molecule has 0 radical (unpaired) electrons. The third-order valence-electron chi connectivity index (χ3n) is 3.70. The summed E-state index contributed by atoms with van der Waals surface area (Å²) in [5.74, 6) is 1.75. The third-order valence-corrected chi connectivity index (χ3v) is 3.70. The second kappa shape index (κ2) is 7.92. The van der Waals surface area contributed by atoms with Gasteiger partial charge in [0, 0.05) is 25.5 Å². The van der Waals surface area contributed by atoms with E-state index in [1.165, 1.54) is 0 Å². The zero-order valence-corrected chi connectivity index (χ0v) is 14.2. The number of carbonyl (C=O) groups is 1. The van der Waals surface area contributed by atoms with Crippen molar-refractivity contribution in [3.63, 3.8) is 0 Å². The lowest BCUT2D eigenvalue weighted by Gasteiger charge is -2.17. The standard InChI is InChI=1S/C16H24N4O3/c1-5-13-12(10-20(6-2)7-3)8-14(23-13)16(21)17-9-15-19-18-11(4)22-15/h8H,5-7,9-10H2,1-4H3,(H,17,21). The number of nitrogens with zero attached hydrogens (tertiary/aromatic N) is 3. The second-order valence-corrected chi connectivity index (χ2v) is 5.27. The van der Waals surface area contributed by atoms with Crippen LogP contribution in [-0.2, 0) is 19.5 Å². The highest BCUT2D eigenvalue weighted by atomic mass is 16.4. The normalized spacial score (nSPS) is 11.2. The predicted octanol–water partition coefficient (Wildman–Crippen LogP) is 2.31. The van der Waals surface area contributed by atoms with Gasteiger partial charge < -0.3 is 14.2 Å². The van der Waals surface area contributed by atoms with Crippen LogP contribution in [0, 0.1) is 6.92 Å². The van der Waals surface area contributed by atoms with Crippen LogP contribution in [0.3, 0.4) is 0 Å². The van der Waals surface area contributed by atoms with Gasteiger partial charge in [0.05, 0.1) is 6.54 Å². The summed E-state index contributed by atoms with van der Waals surface area (Å²) in [4.78, 5) is 14.5. The molecule has 23 heavy (non-hydrogen) atoms. The molecule has 7 nitrogen and oxygen atoms in total. The molecule has 2 heterocycles. The Bertz CT molecular complexity index is 644. The Labute approximate surface area is 136 Å². The topological polar surface area (TPSA) is 84.4 Å². The molecule has 0 atom stereocenters. The molecule has 2 rings (SSSR count). The van der Waals surface area contributed by atoms with Gasteiger partial charge in [-0.25, -0.2) is 0 Å². The van der Waals surface area contributed by atoms with Crippen molar-refractivity contribution >= 4 is 5.91 Å². The number of aryl methyl sites for hydroxylation is 2. The van der Waals surface area contributed by atoms with Gasteiger partial charge >= 0.3 is 0 Å². The summed E-state index contributed by atoms with van der Waals surface area (Å²) >= 11 is 0. The average molecular weight is 320 g/mol. The van der Waals surface area contributed by atoms with Gasteiger partial charge in [0.2, 0.25) is 11.8 Å². The average Bonchev–Trinajstić information content (AvgIpc) is 3.16. The monoisotopic (exact) mass is 320 g/mol. The first-order chi connectivity index (χ1) is 11.1. The lowest BCUT2D eigenvalue weighted by Crippen LogP contribution is -2.23. The fourth-order valence-corrected chi connectivity index (χ4v) is 2.35. The summed E-state index contributed by atoms with van der Waals surface area (Å²) in [5.41, 5.74) is 1.06. The van der Waals surface area contributed by atoms with Crippen molar-refractivity contribution in [2.45, 2.75) is 47.2 Å². The molecular weight excluding hydrogens is 296 g/mol. The molecule has 0 aliphatic heterocycles. The minimum absolute atomic E-state index is 0.188. The maximum Gasteiger partial charge on any atom is 0.287 e. The smallest absolute Gasteiger partial charge is 0.287 e. The maximum absolute atomic E-state index is 12.2. The summed E-state index contributed by atoms with van der Waals surface area (Å²) in [5, 5.41) is 10.3. The third kappa shape index (κ3) is 4.41. The molecule has 0 spiro atoms. The number of hydrogen-bond donors (Lipinski definition) is 1. The Morgan fingerprint density at radius 3 is 2.52 bits per heavy atom. The largest absolute Gasteiger partial charge is 0.456 e. The first-order valence-electron chi connectivity index (χ1n) is 7.98. The lowest BCUT2D eigenvalue weighted by atomic mass is 10.2. The number of hydrogen-bond acceptors (Lipinski definition) is 6. The van der Waals surface area contributed by atoms with Crippen LogP contribution in [-0.4, -0.2) is 34.1 Å². The molecule has 0 saturated carbocycles. The van der Waals surface area contributed by atoms with Crippen LogP contribution in [0.5, 0.6) is 0 Å². The van der Waals surface area contributed by atoms with E-state index in [-0.39, 0.29) is 12.5 Å². The molecule has 0 saturated heterocycles. The highest BCUT2D eigenvalue weighted by Crippen LogP contribution is 2.18. The van der Waals surface area contributed by atoms with Gasteiger partial charge in [-0.15, -0.1) is 10.2 Å². The van der Waals surface area contributed by atoms with Crippen molar-refractivity contribution in [2.24, 2.45) is 0 Å². The zero-order valence-electron chi connectivity index (χ0n) is 14.2. The molecule has 1 N–H and O–H groups in total. The maximum atomic E-state index is 12.2. The Morgan fingerprint density at radius 1 is 1.22 bits per heavy atom. The van der Waals surface area contributed by atoms with Crippen LogP contribution in [0.4, 0.5) is 0 Å². The van der Waals surface area contributed by atoms with Gasteiger partial charge in [0.1, 0.15) is 5.76 Å². The van der Waals surface area contributed by atoms with Gasteiger partial charge in [-0.05, 0) is 19.2 Å². The van der Waals surface area contributed by atoms with Crippen LogP contribution in [0.15, 0.2) is 14.9 Å². The summed E-state index contributed by atoms with van der Waals surface area (Å²) in [6, 6.07) is 1.82. The summed E-state index contributed by atoms with van der Waals surface area (Å²) in [6.45, 7) is 10.9. The van der Waals surface area contributed by atoms with Crippen LogP contribution in [0.25, 0.3) is 0 Å². The van der Waals surface area contributed by atoms with E-state index in [4.69, 9.17) is 8.83 Å². The molecule has 0 aliphatic carbocycles. The molecule has 2 aromatic rings. The molecule has 0 unspecified atom stereocenters. The number of amides is 1. The molecule has 2 aromatic heterocycles. The van der Waals surface area contributed by atoms with Gasteiger partial charge in [-0.3, -0.25) is 9.69 Å². The van der Waals surface area contributed by atoms with Crippen molar-refractivity contribution in [2.75, 3.05) is 13.1 Å². The molecule has 0 bridgehead atoms. The van der Waals surface area contributed by atoms with Crippen LogP contribution in [0.2, 0.25) is 0 Å². The minimum Gasteiger partial charge on any atom is -0.456 e. The molecule has 0 fully saturated rings. The zero-order chi connectivity index (χ0) is 16.8. The van der Waals surface area contributed by atoms with Crippen LogP contribution < -0.4 is 5.32 Å². The van der Waals surface area contributed by atoms with E-state index >= 15 is 0 Å². The first-order valence-corrected chi connectivity index (χ1v) is 7.98. The predicted molar refractivity (Wildman–Crippen MR) is 84.9 cm³/mol. The van der Waals surface area contributed by atoms with Crippen LogP contribution >= 0.6 is 0 Å². The van der Waals surface area contributed by atoms with Crippen molar-refractivity contribution in [1.29, 1.82) is 0 Å². The number of aromatic nitrogens is 2. The van der Waals surface area contributed by atoms with Gasteiger partial charge in [-0.2, -0.15) is 0 Å². The minimum atomic E-state index is -0.277. The van der Waals surface area contributed by atoms with E-state index < -0.39 is 0 Å². The van der Waals surface area contributed by atoms with Gasteiger partial charge in [0.25, 0.3) is 5.91 Å². The summed E-state index contributed by atoms with van der Waals surface area (Å²) in [6.07, 6.45) is 0.757. The number of rotatable bonds is 8. The van der Waals surface area contributed by atoms with E-state index in [1.807, 2.05) is 13.0 Å². The Hall–Kier alpha value is -2.15. The number of nitrogens with one attached hydrogen (secondary N) is 1. The second-order valence-electron chi connectivity index (χ2n) is 5.27. The van der Waals surface area contributed by atoms with Crippen LogP contribution in [0.1, 0.15) is 54.4 Å². The molecule has 7 heteroatoms. The Morgan fingerprint density at radius 2 is 1.96 bits per heavy atom. The van der Waals surface area contributed by atoms with E-state index in [0.29, 0.717) is 17.5 Å². The van der Waals surface area contributed by atoms with Gasteiger partial charge in [0.15, 0.2) is 5.76 Å². The number of carbonyl (C=O) groups excluding carboxylic acids is 1. The fraction of sp³-hybridized carbons (Fsp3) is 0.562. The van der Waals surface area contributed by atoms with E-state index in [0.717, 1.165) is 37.4 Å². The first kappa shape index (κ1) is 17.2. The Balaban J connectivity index is 2.03. The number of furan rings is 1. The van der Waals surface area contributed by atoms with Crippen molar-refractivity contribution in [1.82, 2.24) is 20.4 Å². The highest BCUT2D eigenvalue weighted by molar-refractivity contribution is 5.91. The molecule has 1 amide bonds. The van der Waals surface area contributed by atoms with Crippen molar-refractivity contribution in [3.8, 4) is 0 Å². The fourth-order valence-electron chi connectivity index (χ4n) is 2.35. The van der Waals surface area contributed by atoms with Crippen molar-refractivity contribution < 1.29 is 13.6 Å². The highest BCUT2D eigenvalue weighted by Gasteiger charge is 2.17. The van der Waals surface area contributed by atoms with E-state index in [9.17, 15) is 4.79 Å². The molecular formula is C16H24N4O3. The Kier molecular flexibility index (Phi) is 5.92. The van der Waals surface area contributed by atoms with Gasteiger partial charge in [-0.1, -0.05) is 20.8 Å².